The van der Waals surface area contributed by atoms with Crippen molar-refractivity contribution in [2.75, 3.05) is 0 Å². The van der Waals surface area contributed by atoms with Gasteiger partial charge in [-0.25, -0.2) is 13.2 Å². The van der Waals surface area contributed by atoms with E-state index in [2.05, 4.69) is 0 Å². The number of halogens is 4. The number of benzene rings is 2. The van der Waals surface area contributed by atoms with Crippen molar-refractivity contribution in [3.05, 3.63) is 70.0 Å². The fourth-order valence-corrected chi connectivity index (χ4v) is 2.10. The number of hydrogen-bond donors (Lipinski definition) is 1. The number of hydrogen-bond acceptors (Lipinski definition) is 1. The lowest BCUT2D eigenvalue weighted by atomic mass is 10.0. The summed E-state index contributed by atoms with van der Waals surface area (Å²) in [7, 11) is 0. The molecule has 0 bridgehead atoms. The molecule has 0 radical (unpaired) electrons. The molecule has 0 spiro atoms. The highest BCUT2D eigenvalue weighted by Gasteiger charge is 2.17. The quantitative estimate of drug-likeness (QED) is 0.903. The smallest absolute Gasteiger partial charge is 0.129 e. The molecule has 0 fully saturated rings. The summed E-state index contributed by atoms with van der Waals surface area (Å²) < 4.78 is 39.8. The Hall–Kier alpha value is -1.52. The van der Waals surface area contributed by atoms with Crippen molar-refractivity contribution in [1.82, 2.24) is 0 Å². The third-order valence-electron chi connectivity index (χ3n) is 2.78. The maximum atomic E-state index is 13.4. The summed E-state index contributed by atoms with van der Waals surface area (Å²) in [5, 5.41) is 9.97. The predicted molar refractivity (Wildman–Crippen MR) is 66.4 cm³/mol. The van der Waals surface area contributed by atoms with Crippen LogP contribution >= 0.6 is 11.6 Å². The van der Waals surface area contributed by atoms with E-state index in [-0.39, 0.29) is 22.6 Å². The van der Waals surface area contributed by atoms with Crippen molar-refractivity contribution in [2.24, 2.45) is 0 Å². The van der Waals surface area contributed by atoms with E-state index in [1.54, 1.807) is 0 Å². The van der Waals surface area contributed by atoms with Crippen LogP contribution in [-0.2, 0) is 6.42 Å². The van der Waals surface area contributed by atoms with Gasteiger partial charge >= 0.3 is 0 Å². The van der Waals surface area contributed by atoms with Gasteiger partial charge in [-0.1, -0.05) is 23.7 Å². The molecule has 100 valence electrons. The molecular formula is C14H10ClF3O. The van der Waals surface area contributed by atoms with Crippen LogP contribution in [0.3, 0.4) is 0 Å². The summed E-state index contributed by atoms with van der Waals surface area (Å²) in [4.78, 5) is 0. The topological polar surface area (TPSA) is 20.2 Å². The number of aliphatic hydroxyl groups is 1. The first-order valence-corrected chi connectivity index (χ1v) is 5.92. The maximum Gasteiger partial charge on any atom is 0.129 e. The van der Waals surface area contributed by atoms with Crippen LogP contribution in [0.1, 0.15) is 17.2 Å². The fourth-order valence-electron chi connectivity index (χ4n) is 1.80. The van der Waals surface area contributed by atoms with Crippen LogP contribution < -0.4 is 0 Å². The van der Waals surface area contributed by atoms with Crippen molar-refractivity contribution in [3.8, 4) is 0 Å². The molecule has 19 heavy (non-hydrogen) atoms. The highest BCUT2D eigenvalue weighted by Crippen LogP contribution is 2.28. The molecule has 1 atom stereocenters. The van der Waals surface area contributed by atoms with Crippen molar-refractivity contribution in [3.63, 3.8) is 0 Å². The Bertz CT molecular complexity index is 581. The van der Waals surface area contributed by atoms with Gasteiger partial charge < -0.3 is 5.11 Å². The molecule has 0 heterocycles. The minimum atomic E-state index is -1.21. The van der Waals surface area contributed by atoms with E-state index in [1.807, 2.05) is 0 Å². The van der Waals surface area contributed by atoms with Crippen LogP contribution in [-0.4, -0.2) is 5.11 Å². The van der Waals surface area contributed by atoms with E-state index in [1.165, 1.54) is 12.1 Å². The van der Waals surface area contributed by atoms with E-state index in [0.29, 0.717) is 0 Å². The van der Waals surface area contributed by atoms with Crippen LogP contribution in [0.5, 0.6) is 0 Å². The van der Waals surface area contributed by atoms with Gasteiger partial charge in [0.2, 0.25) is 0 Å². The van der Waals surface area contributed by atoms with Crippen molar-refractivity contribution >= 4 is 11.6 Å². The first-order valence-electron chi connectivity index (χ1n) is 5.55. The molecule has 0 saturated carbocycles. The zero-order valence-corrected chi connectivity index (χ0v) is 10.5. The van der Waals surface area contributed by atoms with Gasteiger partial charge in [0.05, 0.1) is 6.10 Å². The number of aliphatic hydroxyl groups excluding tert-OH is 1. The van der Waals surface area contributed by atoms with Gasteiger partial charge in [0, 0.05) is 17.0 Å². The lowest BCUT2D eigenvalue weighted by molar-refractivity contribution is 0.175. The Labute approximate surface area is 113 Å². The lowest BCUT2D eigenvalue weighted by Gasteiger charge is -2.14. The molecule has 0 aliphatic rings. The van der Waals surface area contributed by atoms with Crippen LogP contribution in [0.4, 0.5) is 13.2 Å². The van der Waals surface area contributed by atoms with Crippen LogP contribution in [0.2, 0.25) is 5.02 Å². The van der Waals surface area contributed by atoms with Gasteiger partial charge in [0.25, 0.3) is 0 Å². The third kappa shape index (κ3) is 3.08. The Morgan fingerprint density at radius 2 is 1.68 bits per heavy atom. The zero-order chi connectivity index (χ0) is 14.0. The fraction of sp³-hybridized carbons (Fsp3) is 0.143. The van der Waals surface area contributed by atoms with E-state index >= 15 is 0 Å². The monoisotopic (exact) mass is 286 g/mol. The van der Waals surface area contributed by atoms with Crippen molar-refractivity contribution < 1.29 is 18.3 Å². The zero-order valence-electron chi connectivity index (χ0n) is 9.71. The SMILES string of the molecule is OC(Cc1c(F)cccc1F)c1ccc(F)cc1Cl. The van der Waals surface area contributed by atoms with Gasteiger partial charge in [-0.05, 0) is 29.8 Å². The molecule has 0 aliphatic heterocycles. The summed E-state index contributed by atoms with van der Waals surface area (Å²) in [5.41, 5.74) is 0.00103. The normalized spacial score (nSPS) is 12.5. The second-order valence-corrected chi connectivity index (χ2v) is 4.49. The second-order valence-electron chi connectivity index (χ2n) is 4.09. The summed E-state index contributed by atoms with van der Waals surface area (Å²) in [6.45, 7) is 0. The van der Waals surface area contributed by atoms with E-state index in [4.69, 9.17) is 11.6 Å². The Balaban J connectivity index is 2.28. The first-order chi connectivity index (χ1) is 8.99. The van der Waals surface area contributed by atoms with E-state index < -0.39 is 23.6 Å². The molecule has 1 unspecified atom stereocenters. The van der Waals surface area contributed by atoms with Crippen LogP contribution in [0, 0.1) is 17.5 Å². The van der Waals surface area contributed by atoms with Crippen LogP contribution in [0.15, 0.2) is 36.4 Å². The largest absolute Gasteiger partial charge is 0.388 e. The molecule has 2 rings (SSSR count). The Kier molecular flexibility index (Phi) is 4.12. The van der Waals surface area contributed by atoms with E-state index in [9.17, 15) is 18.3 Å². The minimum absolute atomic E-state index is 0.0178. The summed E-state index contributed by atoms with van der Waals surface area (Å²) in [6, 6.07) is 6.92. The molecule has 2 aromatic carbocycles. The highest BCUT2D eigenvalue weighted by molar-refractivity contribution is 6.31. The van der Waals surface area contributed by atoms with Crippen molar-refractivity contribution in [1.29, 1.82) is 0 Å². The summed E-state index contributed by atoms with van der Waals surface area (Å²) in [5.74, 6) is -2.02. The second kappa shape index (κ2) is 5.63. The Morgan fingerprint density at radius 1 is 1.05 bits per heavy atom. The summed E-state index contributed by atoms with van der Waals surface area (Å²) in [6.07, 6.45) is -1.48. The summed E-state index contributed by atoms with van der Waals surface area (Å²) >= 11 is 5.78. The minimum Gasteiger partial charge on any atom is -0.388 e. The molecule has 0 aromatic heterocycles. The van der Waals surface area contributed by atoms with Gasteiger partial charge in [0.1, 0.15) is 17.5 Å². The average molecular weight is 287 g/mol. The molecule has 0 saturated heterocycles. The van der Waals surface area contributed by atoms with Crippen molar-refractivity contribution in [2.45, 2.75) is 12.5 Å². The highest BCUT2D eigenvalue weighted by atomic mass is 35.5. The number of rotatable bonds is 3. The lowest BCUT2D eigenvalue weighted by Crippen LogP contribution is -2.06. The average Bonchev–Trinajstić information content (AvgIpc) is 2.33. The molecule has 5 heteroatoms. The molecule has 0 amide bonds. The molecule has 1 N–H and O–H groups in total. The van der Waals surface area contributed by atoms with Gasteiger partial charge in [-0.15, -0.1) is 0 Å². The standard InChI is InChI=1S/C14H10ClF3O/c15-11-6-8(16)4-5-9(11)14(19)7-10-12(17)2-1-3-13(10)18/h1-6,14,19H,7H2. The Morgan fingerprint density at radius 3 is 2.26 bits per heavy atom. The van der Waals surface area contributed by atoms with Gasteiger partial charge in [-0.3, -0.25) is 0 Å². The maximum absolute atomic E-state index is 13.4. The van der Waals surface area contributed by atoms with Gasteiger partial charge in [0.15, 0.2) is 0 Å². The first kappa shape index (κ1) is 13.9. The molecule has 1 nitrogen and oxygen atoms in total. The molecular weight excluding hydrogens is 277 g/mol. The molecule has 2 aromatic rings. The predicted octanol–water partition coefficient (Wildman–Crippen LogP) is 4.03. The van der Waals surface area contributed by atoms with Crippen LogP contribution in [0.25, 0.3) is 0 Å². The molecule has 0 aliphatic carbocycles. The van der Waals surface area contributed by atoms with Gasteiger partial charge in [-0.2, -0.15) is 0 Å². The van der Waals surface area contributed by atoms with E-state index in [0.717, 1.165) is 24.3 Å². The third-order valence-corrected chi connectivity index (χ3v) is 3.11.